The van der Waals surface area contributed by atoms with Crippen molar-refractivity contribution in [1.82, 2.24) is 9.88 Å². The number of fused-ring (bicyclic) bond motifs is 1. The van der Waals surface area contributed by atoms with E-state index in [0.29, 0.717) is 18.3 Å². The molecule has 0 spiro atoms. The van der Waals surface area contributed by atoms with Gasteiger partial charge in [-0.2, -0.15) is 0 Å². The number of hydrogen-bond acceptors (Lipinski definition) is 6. The lowest BCUT2D eigenvalue weighted by Gasteiger charge is -2.29. The summed E-state index contributed by atoms with van der Waals surface area (Å²) < 4.78 is 12.4. The van der Waals surface area contributed by atoms with Crippen LogP contribution < -0.4 is 9.64 Å². The molecule has 2 heterocycles. The van der Waals surface area contributed by atoms with Gasteiger partial charge in [0, 0.05) is 26.2 Å². The van der Waals surface area contributed by atoms with Crippen LogP contribution in [0, 0.1) is 0 Å². The number of rotatable bonds is 10. The molecule has 192 valence electrons. The number of carbonyl (C=O) groups excluding carboxylic acids is 1. The Morgan fingerprint density at radius 1 is 1.00 bits per heavy atom. The third-order valence-electron chi connectivity index (χ3n) is 6.64. The molecule has 1 aromatic heterocycles. The van der Waals surface area contributed by atoms with Gasteiger partial charge in [-0.1, -0.05) is 78.1 Å². The molecule has 1 saturated heterocycles. The van der Waals surface area contributed by atoms with Crippen molar-refractivity contribution in [2.24, 2.45) is 0 Å². The van der Waals surface area contributed by atoms with Gasteiger partial charge < -0.3 is 9.47 Å². The minimum absolute atomic E-state index is 0.0383. The first-order valence-electron chi connectivity index (χ1n) is 13.0. The average Bonchev–Trinajstić information content (AvgIpc) is 3.38. The number of hydrogen-bond donors (Lipinski definition) is 0. The molecule has 3 aromatic carbocycles. The van der Waals surface area contributed by atoms with E-state index in [4.69, 9.17) is 14.5 Å². The number of nitrogens with zero attached hydrogens (tertiary/aromatic N) is 3. The molecule has 0 unspecified atom stereocenters. The second-order valence-electron chi connectivity index (χ2n) is 9.08. The predicted molar refractivity (Wildman–Crippen MR) is 150 cm³/mol. The number of amides is 1. The highest BCUT2D eigenvalue weighted by molar-refractivity contribution is 7.22. The van der Waals surface area contributed by atoms with E-state index in [9.17, 15) is 4.79 Å². The number of ether oxygens (including phenoxy) is 2. The first-order valence-corrected chi connectivity index (χ1v) is 13.8. The summed E-state index contributed by atoms with van der Waals surface area (Å²) in [6.07, 6.45) is 0.857. The number of morpholine rings is 1. The van der Waals surface area contributed by atoms with Crippen molar-refractivity contribution in [2.45, 2.75) is 19.3 Å². The molecule has 0 radical (unpaired) electrons. The molecular weight excluding hydrogens is 482 g/mol. The van der Waals surface area contributed by atoms with Crippen molar-refractivity contribution in [1.29, 1.82) is 0 Å². The van der Waals surface area contributed by atoms with E-state index in [0.717, 1.165) is 66.4 Å². The Balaban J connectivity index is 1.50. The van der Waals surface area contributed by atoms with Gasteiger partial charge >= 0.3 is 0 Å². The quantitative estimate of drug-likeness (QED) is 0.276. The highest BCUT2D eigenvalue weighted by Crippen LogP contribution is 2.36. The highest BCUT2D eigenvalue weighted by Gasteiger charge is 2.30. The minimum atomic E-state index is -0.413. The van der Waals surface area contributed by atoms with Gasteiger partial charge in [0.2, 0.25) is 5.91 Å². The summed E-state index contributed by atoms with van der Waals surface area (Å²) in [4.78, 5) is 23.7. The van der Waals surface area contributed by atoms with Crippen molar-refractivity contribution >= 4 is 32.6 Å². The maximum Gasteiger partial charge on any atom is 0.240 e. The van der Waals surface area contributed by atoms with Crippen LogP contribution >= 0.6 is 11.3 Å². The first-order chi connectivity index (χ1) is 18.2. The van der Waals surface area contributed by atoms with E-state index < -0.39 is 5.92 Å². The normalized spacial score (nSPS) is 14.2. The Kier molecular flexibility index (Phi) is 8.46. The molecule has 0 saturated carbocycles. The lowest BCUT2D eigenvalue weighted by Crippen LogP contribution is -2.40. The van der Waals surface area contributed by atoms with Gasteiger partial charge in [0.15, 0.2) is 5.13 Å². The lowest BCUT2D eigenvalue weighted by molar-refractivity contribution is -0.119. The summed E-state index contributed by atoms with van der Waals surface area (Å²) >= 11 is 1.55. The van der Waals surface area contributed by atoms with Gasteiger partial charge in [-0.05, 0) is 36.6 Å². The molecule has 0 bridgehead atoms. The largest absolute Gasteiger partial charge is 0.492 e. The smallest absolute Gasteiger partial charge is 0.240 e. The summed E-state index contributed by atoms with van der Waals surface area (Å²) in [6.45, 7) is 7.46. The van der Waals surface area contributed by atoms with Crippen LogP contribution in [0.3, 0.4) is 0 Å². The molecule has 0 atom stereocenters. The maximum atomic E-state index is 14.4. The first kappa shape index (κ1) is 25.4. The molecule has 1 aliphatic rings. The molecule has 0 N–H and O–H groups in total. The van der Waals surface area contributed by atoms with Crippen LogP contribution in [0.4, 0.5) is 5.13 Å². The lowest BCUT2D eigenvalue weighted by atomic mass is 9.90. The maximum absolute atomic E-state index is 14.4. The molecule has 0 aliphatic carbocycles. The van der Waals surface area contributed by atoms with Crippen molar-refractivity contribution in [3.05, 3.63) is 90.0 Å². The molecule has 1 amide bonds. The number of thiazole rings is 1. The fourth-order valence-electron chi connectivity index (χ4n) is 4.80. The fraction of sp³-hybridized carbons (Fsp3) is 0.333. The van der Waals surface area contributed by atoms with Crippen molar-refractivity contribution in [2.75, 3.05) is 50.9 Å². The highest BCUT2D eigenvalue weighted by atomic mass is 32.1. The van der Waals surface area contributed by atoms with Gasteiger partial charge in [0.25, 0.3) is 0 Å². The third kappa shape index (κ3) is 6.01. The second kappa shape index (κ2) is 12.3. The van der Waals surface area contributed by atoms with Crippen LogP contribution in [0.5, 0.6) is 5.75 Å². The van der Waals surface area contributed by atoms with Gasteiger partial charge in [-0.15, -0.1) is 0 Å². The molecule has 37 heavy (non-hydrogen) atoms. The predicted octanol–water partition coefficient (Wildman–Crippen LogP) is 5.58. The topological polar surface area (TPSA) is 54.9 Å². The zero-order valence-electron chi connectivity index (χ0n) is 21.2. The molecule has 1 fully saturated rings. The Bertz CT molecular complexity index is 1250. The van der Waals surface area contributed by atoms with Crippen LogP contribution in [0.15, 0.2) is 78.9 Å². The number of carbonyl (C=O) groups is 1. The fourth-order valence-corrected chi connectivity index (χ4v) is 5.82. The molecule has 4 aromatic rings. The minimum Gasteiger partial charge on any atom is -0.492 e. The number of aromatic nitrogens is 1. The van der Waals surface area contributed by atoms with Crippen LogP contribution in [-0.2, 0) is 9.53 Å². The van der Waals surface area contributed by atoms with Crippen LogP contribution in [0.2, 0.25) is 0 Å². The van der Waals surface area contributed by atoms with E-state index >= 15 is 0 Å². The number of para-hydroxylation sites is 1. The Morgan fingerprint density at radius 3 is 2.32 bits per heavy atom. The standard InChI is InChI=1S/C30H33N3O3S/c1-2-36-25-15-9-16-26-28(25)31-30(37-26)33(18-10-17-32-19-21-35-22-20-32)29(34)27(23-11-5-3-6-12-23)24-13-7-4-8-14-24/h3-9,11-16,27H,2,10,17-22H2,1H3. The van der Waals surface area contributed by atoms with Crippen LogP contribution in [0.1, 0.15) is 30.4 Å². The summed E-state index contributed by atoms with van der Waals surface area (Å²) in [6, 6.07) is 26.0. The molecule has 7 heteroatoms. The number of benzene rings is 3. The van der Waals surface area contributed by atoms with Crippen LogP contribution in [-0.4, -0.2) is 61.8 Å². The molecule has 5 rings (SSSR count). The molecule has 6 nitrogen and oxygen atoms in total. The SMILES string of the molecule is CCOc1cccc2sc(N(CCCN3CCOCC3)C(=O)C(c3ccccc3)c3ccccc3)nc12. The van der Waals surface area contributed by atoms with E-state index in [-0.39, 0.29) is 5.91 Å². The number of anilines is 1. The van der Waals surface area contributed by atoms with Crippen molar-refractivity contribution < 1.29 is 14.3 Å². The molecular formula is C30H33N3O3S. The third-order valence-corrected chi connectivity index (χ3v) is 7.68. The summed E-state index contributed by atoms with van der Waals surface area (Å²) in [7, 11) is 0. The van der Waals surface area contributed by atoms with Gasteiger partial charge in [0.1, 0.15) is 11.3 Å². The molecule has 1 aliphatic heterocycles. The summed E-state index contributed by atoms with van der Waals surface area (Å²) in [5, 5.41) is 0.714. The summed E-state index contributed by atoms with van der Waals surface area (Å²) in [5.74, 6) is 0.381. The Morgan fingerprint density at radius 2 is 1.68 bits per heavy atom. The second-order valence-corrected chi connectivity index (χ2v) is 10.1. The van der Waals surface area contributed by atoms with Gasteiger partial charge in [-0.3, -0.25) is 14.6 Å². The van der Waals surface area contributed by atoms with E-state index in [1.54, 1.807) is 11.3 Å². The van der Waals surface area contributed by atoms with Gasteiger partial charge in [-0.25, -0.2) is 4.98 Å². The Labute approximate surface area is 222 Å². The van der Waals surface area contributed by atoms with Crippen molar-refractivity contribution in [3.63, 3.8) is 0 Å². The zero-order chi connectivity index (χ0) is 25.5. The Hall–Kier alpha value is -3.26. The summed E-state index contributed by atoms with van der Waals surface area (Å²) in [5.41, 5.74) is 2.77. The monoisotopic (exact) mass is 515 g/mol. The van der Waals surface area contributed by atoms with E-state index in [2.05, 4.69) is 4.90 Å². The van der Waals surface area contributed by atoms with Gasteiger partial charge in [0.05, 0.1) is 30.4 Å². The van der Waals surface area contributed by atoms with Crippen LogP contribution in [0.25, 0.3) is 10.2 Å². The zero-order valence-corrected chi connectivity index (χ0v) is 22.0. The average molecular weight is 516 g/mol. The van der Waals surface area contributed by atoms with E-state index in [1.807, 2.05) is 90.7 Å². The van der Waals surface area contributed by atoms with E-state index in [1.165, 1.54) is 0 Å². The van der Waals surface area contributed by atoms with Crippen molar-refractivity contribution in [3.8, 4) is 5.75 Å².